The fourth-order valence-electron chi connectivity index (χ4n) is 3.50. The minimum atomic E-state index is -2.15. The third kappa shape index (κ3) is 9.46. The first-order valence-electron chi connectivity index (χ1n) is 10.8. The molecule has 0 aromatic rings. The van der Waals surface area contributed by atoms with Crippen LogP contribution in [-0.2, 0) is 11.0 Å². The molecule has 2 unspecified atom stereocenters. The fraction of sp³-hybridized carbons (Fsp3) is 1.00. The second kappa shape index (κ2) is 16.5. The average Bonchev–Trinajstić information content (AvgIpc) is 2.68. The van der Waals surface area contributed by atoms with E-state index in [4.69, 9.17) is 20.2 Å². The zero-order valence-corrected chi connectivity index (χ0v) is 25.3. The number of rotatable bonds is 16. The van der Waals surface area contributed by atoms with Gasteiger partial charge in [0, 0.05) is 0 Å². The van der Waals surface area contributed by atoms with E-state index in [0.717, 1.165) is 0 Å². The molecule has 0 rings (SSSR count). The van der Waals surface area contributed by atoms with Gasteiger partial charge in [-0.1, -0.05) is 0 Å². The Hall–Kier alpha value is 2.82. The molecular formula is C20H46Cl2FeP4. The Balaban J connectivity index is 5.96. The summed E-state index contributed by atoms with van der Waals surface area (Å²) in [5, 5.41) is 0. The molecule has 0 aliphatic carbocycles. The van der Waals surface area contributed by atoms with Gasteiger partial charge in [-0.3, -0.25) is 0 Å². The van der Waals surface area contributed by atoms with Gasteiger partial charge in [-0.25, -0.2) is 0 Å². The first-order chi connectivity index (χ1) is 12.8. The molecule has 2 atom stereocenters. The van der Waals surface area contributed by atoms with E-state index >= 15 is 0 Å². The van der Waals surface area contributed by atoms with Crippen LogP contribution in [0.3, 0.4) is 0 Å². The third-order valence-corrected chi connectivity index (χ3v) is 29.4. The first kappa shape index (κ1) is 29.8. The molecule has 0 radical (unpaired) electrons. The molecule has 0 bridgehead atoms. The van der Waals surface area contributed by atoms with Crippen molar-refractivity contribution in [2.24, 2.45) is 0 Å². The van der Waals surface area contributed by atoms with E-state index in [9.17, 15) is 0 Å². The standard InChI is InChI=1S/2C10H23P2.2ClH.Fe/c2*1-5-11(6-2)9-10-12(7-3)8-4;;;/h2*9H,5-8,10H2,1-4H3;2*1H;/q;;;;+2/p-2. The maximum absolute atomic E-state index is 7.63. The Labute approximate surface area is 188 Å². The number of hydrogen-bond donors (Lipinski definition) is 0. The fourth-order valence-corrected chi connectivity index (χ4v) is 31.1. The summed E-state index contributed by atoms with van der Waals surface area (Å²) in [6.45, 7) is 19.1. The van der Waals surface area contributed by atoms with Crippen LogP contribution in [0.5, 0.6) is 0 Å². The van der Waals surface area contributed by atoms with E-state index in [1.807, 2.05) is 0 Å². The molecule has 0 nitrogen and oxygen atoms in total. The van der Waals surface area contributed by atoms with Crippen LogP contribution < -0.4 is 0 Å². The molecule has 0 aliphatic heterocycles. The van der Waals surface area contributed by atoms with Crippen molar-refractivity contribution in [2.45, 2.75) is 64.5 Å². The van der Waals surface area contributed by atoms with Crippen LogP contribution in [0, 0.1) is 0 Å². The van der Waals surface area contributed by atoms with Crippen molar-refractivity contribution >= 4 is 51.9 Å². The molecule has 0 saturated carbocycles. The van der Waals surface area contributed by atoms with Crippen LogP contribution in [0.25, 0.3) is 0 Å². The Morgan fingerprint density at radius 1 is 0.519 bits per heavy atom. The Bertz CT molecular complexity index is 326. The van der Waals surface area contributed by atoms with Crippen LogP contribution in [0.15, 0.2) is 0 Å². The average molecular weight is 537 g/mol. The van der Waals surface area contributed by atoms with Gasteiger partial charge in [0.25, 0.3) is 0 Å². The van der Waals surface area contributed by atoms with Crippen molar-refractivity contribution in [1.29, 1.82) is 0 Å². The van der Waals surface area contributed by atoms with Crippen molar-refractivity contribution < 1.29 is 11.0 Å². The van der Waals surface area contributed by atoms with E-state index in [1.165, 1.54) is 61.6 Å². The Kier molecular flexibility index (Phi) is 18.2. The van der Waals surface area contributed by atoms with Gasteiger partial charge in [0.1, 0.15) is 0 Å². The summed E-state index contributed by atoms with van der Waals surface area (Å²) < 4.78 is 1.30. The SMILES string of the molecule is CCP(CC)C[CH](P(CC)CC)[Fe]([Cl])([Cl])[CH](CP(CC)CC)P(CC)CC. The van der Waals surface area contributed by atoms with Crippen LogP contribution >= 0.6 is 51.9 Å². The molecule has 0 aromatic heterocycles. The van der Waals surface area contributed by atoms with E-state index in [2.05, 4.69) is 55.4 Å². The second-order valence-corrected chi connectivity index (χ2v) is 27.0. The third-order valence-electron chi connectivity index (χ3n) is 5.63. The van der Waals surface area contributed by atoms with Gasteiger partial charge in [0.05, 0.1) is 0 Å². The van der Waals surface area contributed by atoms with E-state index in [-0.39, 0.29) is 31.7 Å². The predicted molar refractivity (Wildman–Crippen MR) is 141 cm³/mol. The molecule has 0 spiro atoms. The van der Waals surface area contributed by atoms with E-state index < -0.39 is 11.0 Å². The summed E-state index contributed by atoms with van der Waals surface area (Å²) >= 11 is -2.15. The van der Waals surface area contributed by atoms with Gasteiger partial charge < -0.3 is 0 Å². The topological polar surface area (TPSA) is 0 Å². The summed E-state index contributed by atoms with van der Waals surface area (Å²) in [4.78, 5) is 0. The van der Waals surface area contributed by atoms with Crippen molar-refractivity contribution in [3.8, 4) is 0 Å². The molecule has 0 saturated heterocycles. The summed E-state index contributed by atoms with van der Waals surface area (Å²) in [7, 11) is 15.4. The Morgan fingerprint density at radius 2 is 0.778 bits per heavy atom. The molecule has 0 fully saturated rings. The van der Waals surface area contributed by atoms with Gasteiger partial charge in [-0.05, 0) is 0 Å². The van der Waals surface area contributed by atoms with Gasteiger partial charge in [0.2, 0.25) is 0 Å². The molecule has 0 heterocycles. The zero-order chi connectivity index (χ0) is 21.0. The summed E-state index contributed by atoms with van der Waals surface area (Å²) in [5.74, 6) is 0. The molecule has 0 aliphatic rings. The van der Waals surface area contributed by atoms with Gasteiger partial charge in [-0.15, -0.1) is 0 Å². The van der Waals surface area contributed by atoms with Crippen molar-refractivity contribution in [3.05, 3.63) is 0 Å². The summed E-state index contributed by atoms with van der Waals surface area (Å²) in [5.41, 5.74) is 0. The normalized spacial score (nSPS) is 15.9. The maximum atomic E-state index is 7.63. The van der Waals surface area contributed by atoms with E-state index in [0.29, 0.717) is 9.11 Å². The molecule has 0 amide bonds. The quantitative estimate of drug-likeness (QED) is 0.136. The molecular weight excluding hydrogens is 491 g/mol. The van der Waals surface area contributed by atoms with Crippen LogP contribution in [0.1, 0.15) is 55.4 Å². The minimum absolute atomic E-state index is 0.0269. The zero-order valence-electron chi connectivity index (χ0n) is 19.1. The summed E-state index contributed by atoms with van der Waals surface area (Å²) in [6.07, 6.45) is 13.3. The van der Waals surface area contributed by atoms with Crippen molar-refractivity contribution in [2.75, 3.05) is 61.6 Å². The predicted octanol–water partition coefficient (Wildman–Crippen LogP) is 9.19. The van der Waals surface area contributed by atoms with Crippen molar-refractivity contribution in [3.63, 3.8) is 0 Å². The number of hydrogen-bond acceptors (Lipinski definition) is 0. The number of halogens is 2. The molecule has 7 heteroatoms. The van der Waals surface area contributed by atoms with Gasteiger partial charge >= 0.3 is 189 Å². The molecule has 0 aromatic carbocycles. The molecule has 27 heavy (non-hydrogen) atoms. The molecule has 0 N–H and O–H groups in total. The van der Waals surface area contributed by atoms with Crippen LogP contribution in [0.4, 0.5) is 0 Å². The van der Waals surface area contributed by atoms with Gasteiger partial charge in [0.15, 0.2) is 0 Å². The first-order valence-corrected chi connectivity index (χ1v) is 22.5. The molecule has 168 valence electrons. The van der Waals surface area contributed by atoms with Crippen molar-refractivity contribution in [1.82, 2.24) is 0 Å². The summed E-state index contributed by atoms with van der Waals surface area (Å²) in [6, 6.07) is 0. The van der Waals surface area contributed by atoms with Crippen LogP contribution in [0.2, 0.25) is 0 Å². The van der Waals surface area contributed by atoms with Crippen LogP contribution in [-0.4, -0.2) is 70.7 Å². The van der Waals surface area contributed by atoms with Gasteiger partial charge in [-0.2, -0.15) is 0 Å². The monoisotopic (exact) mass is 536 g/mol. The van der Waals surface area contributed by atoms with E-state index in [1.54, 1.807) is 0 Å². The second-order valence-electron chi connectivity index (χ2n) is 6.73. The Morgan fingerprint density at radius 3 is 0.963 bits per heavy atom.